The molecule has 7 nitrogen and oxygen atoms in total. The molecule has 3 rings (SSSR count). The van der Waals surface area contributed by atoms with Crippen LogP contribution in [0.25, 0.3) is 10.2 Å². The van der Waals surface area contributed by atoms with Crippen molar-refractivity contribution in [1.29, 1.82) is 0 Å². The highest BCUT2D eigenvalue weighted by molar-refractivity contribution is 7.99. The Hall–Kier alpha value is -2.39. The Bertz CT molecular complexity index is 980. The summed E-state index contributed by atoms with van der Waals surface area (Å²) in [4.78, 5) is 28.8. The molecule has 0 bridgehead atoms. The molecule has 24 heavy (non-hydrogen) atoms. The summed E-state index contributed by atoms with van der Waals surface area (Å²) in [5.74, 6) is 0.203. The van der Waals surface area contributed by atoms with Gasteiger partial charge in [0.15, 0.2) is 10.9 Å². The van der Waals surface area contributed by atoms with E-state index >= 15 is 0 Å². The third-order valence-corrected chi connectivity index (χ3v) is 5.14. The van der Waals surface area contributed by atoms with E-state index in [1.54, 1.807) is 32.2 Å². The Morgan fingerprint density at radius 2 is 2.21 bits per heavy atom. The quantitative estimate of drug-likeness (QED) is 0.392. The number of ether oxygens (including phenoxy) is 1. The highest BCUT2D eigenvalue weighted by Crippen LogP contribution is 2.34. The molecule has 0 N–H and O–H groups in total. The molecule has 0 amide bonds. The third-order valence-electron chi connectivity index (χ3n) is 3.30. The van der Waals surface area contributed by atoms with E-state index in [0.717, 1.165) is 0 Å². The summed E-state index contributed by atoms with van der Waals surface area (Å²) >= 11 is 2.66. The van der Waals surface area contributed by atoms with E-state index in [-0.39, 0.29) is 17.0 Å². The van der Waals surface area contributed by atoms with Crippen LogP contribution < -0.4 is 10.3 Å². The van der Waals surface area contributed by atoms with Crippen molar-refractivity contribution in [3.05, 3.63) is 50.1 Å². The number of fused-ring (bicyclic) bond motifs is 1. The zero-order valence-corrected chi connectivity index (χ0v) is 14.5. The van der Waals surface area contributed by atoms with Crippen molar-refractivity contribution >= 4 is 39.0 Å². The number of nitrogens with zero attached hydrogens (tertiary/aromatic N) is 3. The second kappa shape index (κ2) is 6.62. The van der Waals surface area contributed by atoms with Gasteiger partial charge < -0.3 is 4.74 Å². The summed E-state index contributed by atoms with van der Waals surface area (Å²) in [7, 11) is 1.66. The molecule has 9 heteroatoms. The molecule has 0 saturated carbocycles. The minimum absolute atomic E-state index is 0.0863. The Labute approximate surface area is 145 Å². The van der Waals surface area contributed by atoms with E-state index < -0.39 is 4.92 Å². The Morgan fingerprint density at radius 1 is 1.42 bits per heavy atom. The summed E-state index contributed by atoms with van der Waals surface area (Å²) in [5, 5.41) is 14.0. The van der Waals surface area contributed by atoms with Gasteiger partial charge in [0.25, 0.3) is 5.56 Å². The average molecular weight is 363 g/mol. The van der Waals surface area contributed by atoms with Gasteiger partial charge in [0, 0.05) is 24.1 Å². The fourth-order valence-electron chi connectivity index (χ4n) is 2.16. The van der Waals surface area contributed by atoms with Crippen LogP contribution in [-0.2, 0) is 7.05 Å². The zero-order chi connectivity index (χ0) is 17.3. The summed E-state index contributed by atoms with van der Waals surface area (Å²) in [6, 6.07) is 6.37. The lowest BCUT2D eigenvalue weighted by atomic mass is 10.3. The number of nitro groups is 1. The van der Waals surface area contributed by atoms with Crippen molar-refractivity contribution in [3.8, 4) is 5.75 Å². The van der Waals surface area contributed by atoms with E-state index in [2.05, 4.69) is 4.98 Å². The average Bonchev–Trinajstić information content (AvgIpc) is 3.01. The first-order chi connectivity index (χ1) is 11.5. The molecule has 0 radical (unpaired) electrons. The number of hydrogen-bond donors (Lipinski definition) is 0. The summed E-state index contributed by atoms with van der Waals surface area (Å²) in [6.45, 7) is 2.09. The minimum atomic E-state index is -0.481. The second-order valence-electron chi connectivity index (χ2n) is 4.82. The molecule has 0 atom stereocenters. The molecule has 1 aromatic carbocycles. The molecule has 0 unspecified atom stereocenters. The van der Waals surface area contributed by atoms with Crippen LogP contribution in [0.3, 0.4) is 0 Å². The lowest BCUT2D eigenvalue weighted by Gasteiger charge is -2.09. The topological polar surface area (TPSA) is 87.3 Å². The van der Waals surface area contributed by atoms with Gasteiger partial charge in [-0.2, -0.15) is 0 Å². The van der Waals surface area contributed by atoms with Gasteiger partial charge in [-0.1, -0.05) is 11.8 Å². The molecule has 0 spiro atoms. The summed E-state index contributed by atoms with van der Waals surface area (Å²) < 4.78 is 6.82. The van der Waals surface area contributed by atoms with Crippen LogP contribution >= 0.6 is 23.1 Å². The van der Waals surface area contributed by atoms with Gasteiger partial charge in [-0.05, 0) is 24.4 Å². The summed E-state index contributed by atoms with van der Waals surface area (Å²) in [6.07, 6.45) is 0. The van der Waals surface area contributed by atoms with Crippen molar-refractivity contribution in [2.24, 2.45) is 7.05 Å². The maximum atomic E-state index is 12.3. The maximum absolute atomic E-state index is 12.3. The molecule has 3 aromatic rings. The van der Waals surface area contributed by atoms with Gasteiger partial charge in [0.05, 0.1) is 16.9 Å². The van der Waals surface area contributed by atoms with Gasteiger partial charge in [-0.25, -0.2) is 4.98 Å². The number of rotatable bonds is 5. The fourth-order valence-corrected chi connectivity index (χ4v) is 3.84. The lowest BCUT2D eigenvalue weighted by molar-refractivity contribution is -0.385. The highest BCUT2D eigenvalue weighted by atomic mass is 32.2. The van der Waals surface area contributed by atoms with Crippen LogP contribution in [0.4, 0.5) is 5.69 Å². The standard InChI is InChI=1S/C15H13N3O4S2/c1-3-22-12-8-9(4-5-11(12)18(20)21)24-15-16-13-10(6-7-23-13)14(19)17(15)2/h4-8H,3H2,1-2H3. The second-order valence-corrected chi connectivity index (χ2v) is 6.75. The van der Waals surface area contributed by atoms with E-state index in [0.29, 0.717) is 26.9 Å². The maximum Gasteiger partial charge on any atom is 0.310 e. The normalized spacial score (nSPS) is 10.9. The van der Waals surface area contributed by atoms with Crippen molar-refractivity contribution in [2.45, 2.75) is 17.0 Å². The number of benzene rings is 1. The van der Waals surface area contributed by atoms with Gasteiger partial charge >= 0.3 is 5.69 Å². The first-order valence-corrected chi connectivity index (χ1v) is 8.74. The zero-order valence-electron chi connectivity index (χ0n) is 12.9. The predicted octanol–water partition coefficient (Wildman–Crippen LogP) is 3.45. The van der Waals surface area contributed by atoms with Crippen LogP contribution in [0, 0.1) is 10.1 Å². The molecular formula is C15H13N3O4S2. The molecule has 0 saturated heterocycles. The number of hydrogen-bond acceptors (Lipinski definition) is 7. The van der Waals surface area contributed by atoms with Crippen LogP contribution in [0.1, 0.15) is 6.92 Å². The van der Waals surface area contributed by atoms with Crippen molar-refractivity contribution in [3.63, 3.8) is 0 Å². The molecular weight excluding hydrogens is 350 g/mol. The van der Waals surface area contributed by atoms with Crippen LogP contribution in [0.15, 0.2) is 44.5 Å². The fraction of sp³-hybridized carbons (Fsp3) is 0.200. The number of nitro benzene ring substituents is 1. The lowest BCUT2D eigenvalue weighted by Crippen LogP contribution is -2.18. The van der Waals surface area contributed by atoms with Crippen LogP contribution in [0.2, 0.25) is 0 Å². The Kier molecular flexibility index (Phi) is 4.54. The van der Waals surface area contributed by atoms with E-state index in [1.807, 2.05) is 5.38 Å². The first kappa shape index (κ1) is 16.5. The highest BCUT2D eigenvalue weighted by Gasteiger charge is 2.17. The number of aromatic nitrogens is 2. The largest absolute Gasteiger partial charge is 0.487 e. The monoisotopic (exact) mass is 363 g/mol. The molecule has 2 heterocycles. The Morgan fingerprint density at radius 3 is 2.92 bits per heavy atom. The van der Waals surface area contributed by atoms with Crippen molar-refractivity contribution in [2.75, 3.05) is 6.61 Å². The predicted molar refractivity (Wildman–Crippen MR) is 93.2 cm³/mol. The molecule has 0 aliphatic carbocycles. The van der Waals surface area contributed by atoms with Gasteiger partial charge in [-0.3, -0.25) is 19.5 Å². The molecule has 124 valence electrons. The van der Waals surface area contributed by atoms with Crippen molar-refractivity contribution in [1.82, 2.24) is 9.55 Å². The minimum Gasteiger partial charge on any atom is -0.487 e. The number of thiophene rings is 1. The SMILES string of the molecule is CCOc1cc(Sc2nc3sccc3c(=O)n2C)ccc1[N+](=O)[O-]. The van der Waals surface area contributed by atoms with E-state index in [9.17, 15) is 14.9 Å². The van der Waals surface area contributed by atoms with Crippen LogP contribution in [0.5, 0.6) is 5.75 Å². The molecule has 2 aromatic heterocycles. The molecule has 0 fully saturated rings. The van der Waals surface area contributed by atoms with E-state index in [1.165, 1.54) is 33.7 Å². The van der Waals surface area contributed by atoms with Gasteiger partial charge in [0.2, 0.25) is 0 Å². The molecule has 0 aliphatic heterocycles. The molecule has 0 aliphatic rings. The first-order valence-electron chi connectivity index (χ1n) is 7.04. The van der Waals surface area contributed by atoms with Gasteiger partial charge in [0.1, 0.15) is 4.83 Å². The Balaban J connectivity index is 2.02. The van der Waals surface area contributed by atoms with Gasteiger partial charge in [-0.15, -0.1) is 11.3 Å². The smallest absolute Gasteiger partial charge is 0.310 e. The summed E-state index contributed by atoms with van der Waals surface area (Å²) in [5.41, 5.74) is -0.201. The third kappa shape index (κ3) is 3.00. The van der Waals surface area contributed by atoms with E-state index in [4.69, 9.17) is 4.74 Å². The van der Waals surface area contributed by atoms with Crippen molar-refractivity contribution < 1.29 is 9.66 Å². The van der Waals surface area contributed by atoms with Crippen LogP contribution in [-0.4, -0.2) is 21.1 Å².